The van der Waals surface area contributed by atoms with Crippen molar-refractivity contribution in [3.05, 3.63) is 60.7 Å². The molecule has 0 atom stereocenters. The van der Waals surface area contributed by atoms with E-state index in [1.807, 2.05) is 42.4 Å². The van der Waals surface area contributed by atoms with Crippen LogP contribution < -0.4 is 4.90 Å². The van der Waals surface area contributed by atoms with Crippen LogP contribution in [0.1, 0.15) is 5.56 Å². The van der Waals surface area contributed by atoms with Crippen molar-refractivity contribution in [1.82, 2.24) is 19.9 Å². The molecule has 1 fully saturated rings. The molecule has 3 aromatic heterocycles. The molecule has 0 spiro atoms. The normalized spacial score (nSPS) is 15.7. The lowest BCUT2D eigenvalue weighted by Gasteiger charge is -2.33. The molecule has 1 aliphatic rings. The Labute approximate surface area is 177 Å². The minimum atomic E-state index is -4.50. The summed E-state index contributed by atoms with van der Waals surface area (Å²) in [6, 6.07) is 9.34. The number of likely N-dealkylation sites (N-methyl/N-ethyl adjacent to an activating group) is 1. The van der Waals surface area contributed by atoms with Crippen molar-refractivity contribution in [2.24, 2.45) is 0 Å². The van der Waals surface area contributed by atoms with Crippen LogP contribution in [0.25, 0.3) is 33.2 Å². The summed E-state index contributed by atoms with van der Waals surface area (Å²) >= 11 is 0. The summed E-state index contributed by atoms with van der Waals surface area (Å²) in [7, 11) is 2.04. The van der Waals surface area contributed by atoms with Crippen molar-refractivity contribution in [1.29, 1.82) is 0 Å². The SMILES string of the molecule is CN1CCN(c2cc(-c3c[nH]cc3-c3c[nH]c4ccccc34)c(C(F)(F)F)cn2)CC1. The Balaban J connectivity index is 1.65. The second kappa shape index (κ2) is 7.46. The highest BCUT2D eigenvalue weighted by Gasteiger charge is 2.35. The molecule has 0 bridgehead atoms. The standard InChI is InChI=1S/C23H22F3N5/c1-30-6-8-31(9-7-30)22-10-16(20(14-29-22)23(24,25)26)17-11-27-12-18(17)19-13-28-21-5-3-2-4-15(19)21/h2-5,10-14,27-28H,6-9H2,1H3. The molecule has 0 saturated carbocycles. The Morgan fingerprint density at radius 2 is 1.61 bits per heavy atom. The zero-order valence-electron chi connectivity index (χ0n) is 17.0. The van der Waals surface area contributed by atoms with Crippen molar-refractivity contribution in [3.63, 3.8) is 0 Å². The number of para-hydroxylation sites is 1. The van der Waals surface area contributed by atoms with E-state index in [4.69, 9.17) is 0 Å². The highest BCUT2D eigenvalue weighted by molar-refractivity contribution is 6.00. The van der Waals surface area contributed by atoms with Crippen molar-refractivity contribution < 1.29 is 13.2 Å². The van der Waals surface area contributed by atoms with Gasteiger partial charge in [-0.25, -0.2) is 4.98 Å². The highest BCUT2D eigenvalue weighted by atomic mass is 19.4. The number of hydrogen-bond donors (Lipinski definition) is 2. The Kier molecular flexibility index (Phi) is 4.74. The van der Waals surface area contributed by atoms with E-state index in [-0.39, 0.29) is 5.56 Å². The van der Waals surface area contributed by atoms with Crippen LogP contribution in [0, 0.1) is 0 Å². The molecule has 31 heavy (non-hydrogen) atoms. The van der Waals surface area contributed by atoms with Crippen molar-refractivity contribution in [2.75, 3.05) is 38.1 Å². The summed E-state index contributed by atoms with van der Waals surface area (Å²) in [6.07, 6.45) is 1.69. The first-order chi connectivity index (χ1) is 14.9. The van der Waals surface area contributed by atoms with Crippen molar-refractivity contribution in [2.45, 2.75) is 6.18 Å². The molecule has 0 unspecified atom stereocenters. The summed E-state index contributed by atoms with van der Waals surface area (Å²) in [5.74, 6) is 0.571. The van der Waals surface area contributed by atoms with Gasteiger partial charge in [0.15, 0.2) is 0 Å². The third-order valence-corrected chi connectivity index (χ3v) is 5.94. The van der Waals surface area contributed by atoms with Gasteiger partial charge in [0.2, 0.25) is 0 Å². The number of anilines is 1. The number of pyridine rings is 1. The first-order valence-electron chi connectivity index (χ1n) is 10.2. The van der Waals surface area contributed by atoms with Crippen LogP contribution in [-0.4, -0.2) is 53.1 Å². The topological polar surface area (TPSA) is 51.0 Å². The second-order valence-electron chi connectivity index (χ2n) is 7.91. The molecule has 1 saturated heterocycles. The van der Waals surface area contributed by atoms with Crippen molar-refractivity contribution in [3.8, 4) is 22.3 Å². The van der Waals surface area contributed by atoms with Gasteiger partial charge < -0.3 is 19.8 Å². The minimum absolute atomic E-state index is 0.137. The first kappa shape index (κ1) is 19.7. The lowest BCUT2D eigenvalue weighted by Crippen LogP contribution is -2.44. The molecule has 5 rings (SSSR count). The van der Waals surface area contributed by atoms with Gasteiger partial charge in [0, 0.05) is 84.1 Å². The number of nitrogens with one attached hydrogen (secondary N) is 2. The third kappa shape index (κ3) is 3.57. The Hall–Kier alpha value is -3.26. The van der Waals surface area contributed by atoms with Crippen LogP contribution in [0.5, 0.6) is 0 Å². The zero-order chi connectivity index (χ0) is 21.6. The van der Waals surface area contributed by atoms with Crippen LogP contribution in [0.3, 0.4) is 0 Å². The van der Waals surface area contributed by atoms with Gasteiger partial charge >= 0.3 is 6.18 Å². The molecule has 0 amide bonds. The molecular formula is C23H22F3N5. The van der Waals surface area contributed by atoms with Gasteiger partial charge in [0.1, 0.15) is 5.82 Å². The fourth-order valence-corrected chi connectivity index (χ4v) is 4.21. The number of piperazine rings is 1. The zero-order valence-corrected chi connectivity index (χ0v) is 17.0. The van der Waals surface area contributed by atoms with E-state index in [0.29, 0.717) is 11.4 Å². The Bertz CT molecular complexity index is 1220. The summed E-state index contributed by atoms with van der Waals surface area (Å²) in [4.78, 5) is 14.6. The van der Waals surface area contributed by atoms with E-state index < -0.39 is 11.7 Å². The number of fused-ring (bicyclic) bond motifs is 1. The summed E-state index contributed by atoms with van der Waals surface area (Å²) in [5.41, 5.74) is 2.43. The average molecular weight is 425 g/mol. The van der Waals surface area contributed by atoms with Crippen LogP contribution in [0.2, 0.25) is 0 Å². The molecule has 0 aliphatic carbocycles. The van der Waals surface area contributed by atoms with E-state index in [2.05, 4.69) is 19.9 Å². The number of alkyl halides is 3. The van der Waals surface area contributed by atoms with Gasteiger partial charge in [-0.2, -0.15) is 13.2 Å². The predicted molar refractivity (Wildman–Crippen MR) is 116 cm³/mol. The lowest BCUT2D eigenvalue weighted by molar-refractivity contribution is -0.137. The van der Waals surface area contributed by atoms with Gasteiger partial charge in [-0.3, -0.25) is 0 Å². The maximum Gasteiger partial charge on any atom is 0.418 e. The summed E-state index contributed by atoms with van der Waals surface area (Å²) in [6.45, 7) is 3.17. The number of H-pyrrole nitrogens is 2. The van der Waals surface area contributed by atoms with E-state index in [0.717, 1.165) is 54.4 Å². The van der Waals surface area contributed by atoms with Gasteiger partial charge in [-0.05, 0) is 19.2 Å². The average Bonchev–Trinajstić information content (AvgIpc) is 3.40. The summed E-state index contributed by atoms with van der Waals surface area (Å²) < 4.78 is 41.7. The molecule has 4 heterocycles. The van der Waals surface area contributed by atoms with Gasteiger partial charge in [0.05, 0.1) is 5.56 Å². The molecular weight excluding hydrogens is 403 g/mol. The van der Waals surface area contributed by atoms with Gasteiger partial charge in [-0.15, -0.1) is 0 Å². The number of halogens is 3. The number of nitrogens with zero attached hydrogens (tertiary/aromatic N) is 3. The maximum absolute atomic E-state index is 13.9. The predicted octanol–water partition coefficient (Wildman–Crippen LogP) is 5.00. The number of hydrogen-bond acceptors (Lipinski definition) is 3. The largest absolute Gasteiger partial charge is 0.418 e. The Morgan fingerprint density at radius 1 is 0.903 bits per heavy atom. The first-order valence-corrected chi connectivity index (χ1v) is 10.2. The van der Waals surface area contributed by atoms with Crippen molar-refractivity contribution >= 4 is 16.7 Å². The lowest BCUT2D eigenvalue weighted by atomic mass is 9.96. The molecule has 160 valence electrons. The molecule has 1 aliphatic heterocycles. The minimum Gasteiger partial charge on any atom is -0.366 e. The number of benzene rings is 1. The molecule has 8 heteroatoms. The Morgan fingerprint density at radius 3 is 2.35 bits per heavy atom. The molecule has 0 radical (unpaired) electrons. The highest BCUT2D eigenvalue weighted by Crippen LogP contribution is 2.43. The molecule has 1 aromatic carbocycles. The molecule has 2 N–H and O–H groups in total. The van der Waals surface area contributed by atoms with E-state index in [1.165, 1.54) is 0 Å². The monoisotopic (exact) mass is 425 g/mol. The fraction of sp³-hybridized carbons (Fsp3) is 0.261. The molecule has 5 nitrogen and oxygen atoms in total. The van der Waals surface area contributed by atoms with Crippen LogP contribution >= 0.6 is 0 Å². The van der Waals surface area contributed by atoms with Crippen LogP contribution in [-0.2, 0) is 6.18 Å². The number of aromatic amines is 2. The van der Waals surface area contributed by atoms with Gasteiger partial charge in [0.25, 0.3) is 0 Å². The maximum atomic E-state index is 13.9. The number of rotatable bonds is 3. The second-order valence-corrected chi connectivity index (χ2v) is 7.91. The van der Waals surface area contributed by atoms with Gasteiger partial charge in [-0.1, -0.05) is 18.2 Å². The number of aromatic nitrogens is 3. The smallest absolute Gasteiger partial charge is 0.366 e. The fourth-order valence-electron chi connectivity index (χ4n) is 4.21. The third-order valence-electron chi connectivity index (χ3n) is 5.94. The van der Waals surface area contributed by atoms with E-state index in [9.17, 15) is 13.2 Å². The van der Waals surface area contributed by atoms with E-state index in [1.54, 1.807) is 18.5 Å². The molecule has 4 aromatic rings. The van der Waals surface area contributed by atoms with Crippen LogP contribution in [0.4, 0.5) is 19.0 Å². The summed E-state index contributed by atoms with van der Waals surface area (Å²) in [5, 5.41) is 0.963. The van der Waals surface area contributed by atoms with Crippen LogP contribution in [0.15, 0.2) is 55.1 Å². The van der Waals surface area contributed by atoms with E-state index >= 15 is 0 Å². The quantitative estimate of drug-likeness (QED) is 0.486.